The molecule has 3 aromatic rings. The highest BCUT2D eigenvalue weighted by Gasteiger charge is 2.04. The van der Waals surface area contributed by atoms with E-state index in [1.165, 1.54) is 12.2 Å². The first-order chi connectivity index (χ1) is 14.1. The van der Waals surface area contributed by atoms with Crippen LogP contribution in [0.5, 0.6) is 0 Å². The molecule has 0 bridgehead atoms. The summed E-state index contributed by atoms with van der Waals surface area (Å²) in [5.41, 5.74) is 4.04. The van der Waals surface area contributed by atoms with E-state index in [1.807, 2.05) is 54.7 Å². The average Bonchev–Trinajstić information content (AvgIpc) is 3.20. The molecule has 0 fully saturated rings. The third-order valence-corrected chi connectivity index (χ3v) is 4.87. The maximum Gasteiger partial charge on any atom is 0.163 e. The van der Waals surface area contributed by atoms with E-state index in [0.29, 0.717) is 0 Å². The molecule has 0 amide bonds. The van der Waals surface area contributed by atoms with Gasteiger partial charge in [0.25, 0.3) is 0 Å². The summed E-state index contributed by atoms with van der Waals surface area (Å²) in [6.07, 6.45) is 8.19. The predicted octanol–water partition coefficient (Wildman–Crippen LogP) is 5.27. The summed E-state index contributed by atoms with van der Waals surface area (Å²) in [5, 5.41) is 1.12. The van der Waals surface area contributed by atoms with Gasteiger partial charge in [0.1, 0.15) is 0 Å². The fraction of sp³-hybridized carbons (Fsp3) is 0.200. The number of H-pyrrole nitrogens is 1. The zero-order valence-electron chi connectivity index (χ0n) is 16.9. The summed E-state index contributed by atoms with van der Waals surface area (Å²) in [4.78, 5) is 29.6. The van der Waals surface area contributed by atoms with Gasteiger partial charge in [-0.05, 0) is 66.8 Å². The van der Waals surface area contributed by atoms with Gasteiger partial charge in [-0.15, -0.1) is 0 Å². The third-order valence-electron chi connectivity index (χ3n) is 4.87. The molecule has 1 N–H and O–H groups in total. The van der Waals surface area contributed by atoms with Crippen LogP contribution in [0.3, 0.4) is 0 Å². The lowest BCUT2D eigenvalue weighted by Gasteiger charge is -2.20. The Morgan fingerprint density at radius 3 is 2.14 bits per heavy atom. The number of aromatic nitrogens is 1. The Morgan fingerprint density at radius 1 is 0.862 bits per heavy atom. The molecule has 0 spiro atoms. The molecule has 1 aromatic heterocycles. The standard InChI is InChI=1S/C25H26N2O2/c1-3-27(4-2)22-11-6-19(7-12-22)8-13-23(28)18-24(29)14-9-20-5-10-21-15-16-26-25(21)17-20/h5-17,26H,3-4,18H2,1-2H3. The maximum absolute atomic E-state index is 12.1. The van der Waals surface area contributed by atoms with Crippen molar-refractivity contribution >= 4 is 40.3 Å². The molecule has 29 heavy (non-hydrogen) atoms. The van der Waals surface area contributed by atoms with E-state index in [-0.39, 0.29) is 18.0 Å². The largest absolute Gasteiger partial charge is 0.372 e. The number of fused-ring (bicyclic) bond motifs is 1. The quantitative estimate of drug-likeness (QED) is 0.403. The minimum absolute atomic E-state index is 0.130. The molecule has 4 heteroatoms. The van der Waals surface area contributed by atoms with Crippen molar-refractivity contribution in [3.8, 4) is 0 Å². The van der Waals surface area contributed by atoms with Crippen molar-refractivity contribution in [2.24, 2.45) is 0 Å². The molecule has 3 rings (SSSR count). The minimum atomic E-state index is -0.205. The van der Waals surface area contributed by atoms with Crippen LogP contribution in [0.2, 0.25) is 0 Å². The lowest BCUT2D eigenvalue weighted by atomic mass is 10.1. The smallest absolute Gasteiger partial charge is 0.163 e. The van der Waals surface area contributed by atoms with Gasteiger partial charge in [0.05, 0.1) is 6.42 Å². The Balaban J connectivity index is 1.54. The molecule has 0 saturated carbocycles. The molecule has 148 valence electrons. The number of benzene rings is 2. The summed E-state index contributed by atoms with van der Waals surface area (Å²) in [6, 6.07) is 16.0. The van der Waals surface area contributed by atoms with Gasteiger partial charge in [0, 0.05) is 30.5 Å². The molecular weight excluding hydrogens is 360 g/mol. The molecule has 0 saturated heterocycles. The van der Waals surface area contributed by atoms with Crippen LogP contribution in [0.15, 0.2) is 66.9 Å². The van der Waals surface area contributed by atoms with Crippen molar-refractivity contribution in [1.82, 2.24) is 4.98 Å². The van der Waals surface area contributed by atoms with Crippen molar-refractivity contribution in [3.63, 3.8) is 0 Å². The van der Waals surface area contributed by atoms with Crippen LogP contribution in [-0.2, 0) is 9.59 Å². The molecule has 1 heterocycles. The van der Waals surface area contributed by atoms with E-state index in [1.54, 1.807) is 12.2 Å². The Labute approximate surface area is 171 Å². The Hall–Kier alpha value is -3.40. The lowest BCUT2D eigenvalue weighted by Crippen LogP contribution is -2.21. The van der Waals surface area contributed by atoms with Crippen molar-refractivity contribution in [3.05, 3.63) is 78.0 Å². The molecular formula is C25H26N2O2. The van der Waals surface area contributed by atoms with Crippen LogP contribution in [-0.4, -0.2) is 29.6 Å². The number of nitrogens with one attached hydrogen (secondary N) is 1. The fourth-order valence-electron chi connectivity index (χ4n) is 3.22. The summed E-state index contributed by atoms with van der Waals surface area (Å²) in [7, 11) is 0. The number of nitrogens with zero attached hydrogens (tertiary/aromatic N) is 1. The van der Waals surface area contributed by atoms with Crippen LogP contribution >= 0.6 is 0 Å². The van der Waals surface area contributed by atoms with Gasteiger partial charge in [-0.25, -0.2) is 0 Å². The SMILES string of the molecule is CCN(CC)c1ccc(C=CC(=O)CC(=O)C=Cc2ccc3cc[nH]c3c2)cc1. The second-order valence-electron chi connectivity index (χ2n) is 6.86. The van der Waals surface area contributed by atoms with Crippen molar-refractivity contribution < 1.29 is 9.59 Å². The first kappa shape index (κ1) is 20.3. The first-order valence-corrected chi connectivity index (χ1v) is 9.93. The zero-order valence-corrected chi connectivity index (χ0v) is 16.9. The number of allylic oxidation sites excluding steroid dienone is 2. The van der Waals surface area contributed by atoms with Gasteiger partial charge in [-0.1, -0.05) is 36.4 Å². The number of aromatic amines is 1. The van der Waals surface area contributed by atoms with E-state index in [2.05, 4.69) is 23.7 Å². The second-order valence-corrected chi connectivity index (χ2v) is 6.86. The summed E-state index contributed by atoms with van der Waals surface area (Å²) in [6.45, 7) is 6.16. The van der Waals surface area contributed by atoms with Crippen molar-refractivity contribution in [2.45, 2.75) is 20.3 Å². The number of carbonyl (C=O) groups excluding carboxylic acids is 2. The molecule has 0 unspecified atom stereocenters. The maximum atomic E-state index is 12.1. The predicted molar refractivity (Wildman–Crippen MR) is 121 cm³/mol. The topological polar surface area (TPSA) is 53.2 Å². The van der Waals surface area contributed by atoms with Gasteiger partial charge in [-0.2, -0.15) is 0 Å². The van der Waals surface area contributed by atoms with Gasteiger partial charge in [0.2, 0.25) is 0 Å². The van der Waals surface area contributed by atoms with Crippen LogP contribution < -0.4 is 4.90 Å². The van der Waals surface area contributed by atoms with Crippen molar-refractivity contribution in [1.29, 1.82) is 0 Å². The Kier molecular flexibility index (Phi) is 6.80. The molecule has 2 aromatic carbocycles. The number of rotatable bonds is 9. The van der Waals surface area contributed by atoms with Gasteiger partial charge in [0.15, 0.2) is 11.6 Å². The Bertz CT molecular complexity index is 1040. The third kappa shape index (κ3) is 5.55. The highest BCUT2D eigenvalue weighted by molar-refractivity contribution is 6.11. The van der Waals surface area contributed by atoms with Gasteiger partial charge >= 0.3 is 0 Å². The van der Waals surface area contributed by atoms with E-state index in [0.717, 1.165) is 40.8 Å². The molecule has 0 atom stereocenters. The molecule has 0 aliphatic carbocycles. The highest BCUT2D eigenvalue weighted by atomic mass is 16.1. The molecule has 0 radical (unpaired) electrons. The number of carbonyl (C=O) groups is 2. The van der Waals surface area contributed by atoms with E-state index in [4.69, 9.17) is 0 Å². The molecule has 0 aliphatic rings. The Morgan fingerprint density at radius 2 is 1.48 bits per heavy atom. The summed E-state index contributed by atoms with van der Waals surface area (Å²) >= 11 is 0. The fourth-order valence-corrected chi connectivity index (χ4v) is 3.22. The van der Waals surface area contributed by atoms with Crippen LogP contribution in [0.25, 0.3) is 23.1 Å². The van der Waals surface area contributed by atoms with E-state index in [9.17, 15) is 9.59 Å². The van der Waals surface area contributed by atoms with Crippen LogP contribution in [0.1, 0.15) is 31.4 Å². The average molecular weight is 386 g/mol. The monoisotopic (exact) mass is 386 g/mol. The molecule has 4 nitrogen and oxygen atoms in total. The summed E-state index contributed by atoms with van der Waals surface area (Å²) in [5.74, 6) is -0.407. The normalized spacial score (nSPS) is 11.5. The number of ketones is 2. The van der Waals surface area contributed by atoms with Crippen molar-refractivity contribution in [2.75, 3.05) is 18.0 Å². The van der Waals surface area contributed by atoms with Crippen LogP contribution in [0.4, 0.5) is 5.69 Å². The summed E-state index contributed by atoms with van der Waals surface area (Å²) < 4.78 is 0. The number of hydrogen-bond acceptors (Lipinski definition) is 3. The second kappa shape index (κ2) is 9.69. The van der Waals surface area contributed by atoms with Gasteiger partial charge in [-0.3, -0.25) is 9.59 Å². The zero-order chi connectivity index (χ0) is 20.6. The van der Waals surface area contributed by atoms with Gasteiger partial charge < -0.3 is 9.88 Å². The minimum Gasteiger partial charge on any atom is -0.372 e. The lowest BCUT2D eigenvalue weighted by molar-refractivity contribution is -0.121. The highest BCUT2D eigenvalue weighted by Crippen LogP contribution is 2.16. The first-order valence-electron chi connectivity index (χ1n) is 9.93. The van der Waals surface area contributed by atoms with E-state index >= 15 is 0 Å². The van der Waals surface area contributed by atoms with E-state index < -0.39 is 0 Å². The number of hydrogen-bond donors (Lipinski definition) is 1. The van der Waals surface area contributed by atoms with Crippen LogP contribution in [0, 0.1) is 0 Å². The number of anilines is 1. The molecule has 0 aliphatic heterocycles.